The second-order valence-corrected chi connectivity index (χ2v) is 6.17. The molecule has 1 unspecified atom stereocenters. The predicted molar refractivity (Wildman–Crippen MR) is 88.2 cm³/mol. The first kappa shape index (κ1) is 17.1. The number of phenolic OH excluding ortho intramolecular Hbond substituents is 1. The van der Waals surface area contributed by atoms with Gasteiger partial charge in [-0.25, -0.2) is 4.79 Å². The number of nitrogens with one attached hydrogen (secondary N) is 2. The molecule has 1 aliphatic rings. The topological polar surface area (TPSA) is 81.7 Å². The highest BCUT2D eigenvalue weighted by atomic mass is 16.3. The van der Waals surface area contributed by atoms with E-state index < -0.39 is 0 Å². The Morgan fingerprint density at radius 1 is 1.26 bits per heavy atom. The molecule has 0 aliphatic carbocycles. The van der Waals surface area contributed by atoms with Crippen LogP contribution in [0.15, 0.2) is 24.3 Å². The molecule has 3 amide bonds. The molecule has 1 aromatic carbocycles. The summed E-state index contributed by atoms with van der Waals surface area (Å²) in [5, 5.41) is 15.2. The second-order valence-electron chi connectivity index (χ2n) is 6.17. The number of carbonyl (C=O) groups is 2. The normalized spacial score (nSPS) is 16.7. The molecule has 0 radical (unpaired) electrons. The van der Waals surface area contributed by atoms with Crippen LogP contribution >= 0.6 is 0 Å². The van der Waals surface area contributed by atoms with Gasteiger partial charge in [-0.3, -0.25) is 4.79 Å². The van der Waals surface area contributed by atoms with Gasteiger partial charge >= 0.3 is 6.03 Å². The molecule has 0 spiro atoms. The van der Waals surface area contributed by atoms with Crippen molar-refractivity contribution >= 4 is 11.9 Å². The molecular weight excluding hydrogens is 294 g/mol. The molecule has 1 aliphatic heterocycles. The van der Waals surface area contributed by atoms with Gasteiger partial charge < -0.3 is 20.6 Å². The highest BCUT2D eigenvalue weighted by molar-refractivity contribution is 5.75. The Morgan fingerprint density at radius 3 is 2.43 bits per heavy atom. The molecule has 1 fully saturated rings. The number of benzene rings is 1. The highest BCUT2D eigenvalue weighted by Gasteiger charge is 2.22. The summed E-state index contributed by atoms with van der Waals surface area (Å²) in [5.74, 6) is 0.333. The Morgan fingerprint density at radius 2 is 1.87 bits per heavy atom. The quantitative estimate of drug-likeness (QED) is 0.789. The zero-order valence-electron chi connectivity index (χ0n) is 13.7. The van der Waals surface area contributed by atoms with Crippen LogP contribution in [-0.4, -0.2) is 47.1 Å². The van der Waals surface area contributed by atoms with Gasteiger partial charge in [0.1, 0.15) is 5.75 Å². The molecule has 23 heavy (non-hydrogen) atoms. The van der Waals surface area contributed by atoms with Crippen LogP contribution in [0, 0.1) is 0 Å². The van der Waals surface area contributed by atoms with Crippen LogP contribution in [-0.2, 0) is 11.2 Å². The van der Waals surface area contributed by atoms with Crippen molar-refractivity contribution in [3.8, 4) is 5.75 Å². The molecular formula is C17H25N3O3. The third kappa shape index (κ3) is 5.47. The van der Waals surface area contributed by atoms with Crippen LogP contribution in [0.5, 0.6) is 5.75 Å². The van der Waals surface area contributed by atoms with E-state index in [2.05, 4.69) is 10.6 Å². The van der Waals surface area contributed by atoms with Crippen LogP contribution < -0.4 is 10.6 Å². The molecule has 1 heterocycles. The summed E-state index contributed by atoms with van der Waals surface area (Å²) < 4.78 is 0. The van der Waals surface area contributed by atoms with Crippen LogP contribution in [0.3, 0.4) is 0 Å². The Labute approximate surface area is 136 Å². The van der Waals surface area contributed by atoms with E-state index in [1.807, 2.05) is 24.0 Å². The van der Waals surface area contributed by atoms with E-state index in [0.29, 0.717) is 19.5 Å². The summed E-state index contributed by atoms with van der Waals surface area (Å²) in [7, 11) is 0. The zero-order chi connectivity index (χ0) is 16.8. The fourth-order valence-electron chi connectivity index (χ4n) is 2.83. The van der Waals surface area contributed by atoms with Gasteiger partial charge in [-0.05, 0) is 43.9 Å². The van der Waals surface area contributed by atoms with Crippen molar-refractivity contribution in [1.29, 1.82) is 0 Å². The minimum absolute atomic E-state index is 0.00292. The van der Waals surface area contributed by atoms with Crippen molar-refractivity contribution < 1.29 is 14.7 Å². The third-order valence-corrected chi connectivity index (χ3v) is 4.13. The summed E-state index contributed by atoms with van der Waals surface area (Å²) in [6.45, 7) is 4.92. The molecule has 1 atom stereocenters. The third-order valence-electron chi connectivity index (χ3n) is 4.13. The number of nitrogens with zero attached hydrogens (tertiary/aromatic N) is 1. The maximum absolute atomic E-state index is 12.0. The van der Waals surface area contributed by atoms with E-state index >= 15 is 0 Å². The fraction of sp³-hybridized carbons (Fsp3) is 0.529. The summed E-state index contributed by atoms with van der Waals surface area (Å²) >= 11 is 0. The number of amides is 3. The first-order valence-electron chi connectivity index (χ1n) is 8.04. The Bertz CT molecular complexity index is 537. The first-order valence-corrected chi connectivity index (χ1v) is 8.04. The summed E-state index contributed by atoms with van der Waals surface area (Å²) in [5.41, 5.74) is 1.06. The molecule has 0 bridgehead atoms. The van der Waals surface area contributed by atoms with E-state index in [4.69, 9.17) is 0 Å². The number of piperidine rings is 1. The van der Waals surface area contributed by atoms with E-state index in [-0.39, 0.29) is 29.8 Å². The molecule has 3 N–H and O–H groups in total. The van der Waals surface area contributed by atoms with Crippen LogP contribution in [0.4, 0.5) is 4.79 Å². The minimum atomic E-state index is -0.169. The number of hydrogen-bond donors (Lipinski definition) is 3. The average Bonchev–Trinajstić information content (AvgIpc) is 2.50. The number of likely N-dealkylation sites (tertiary alicyclic amines) is 1. The molecule has 6 nitrogen and oxygen atoms in total. The van der Waals surface area contributed by atoms with Crippen molar-refractivity contribution in [3.63, 3.8) is 0 Å². The number of hydrogen-bond acceptors (Lipinski definition) is 3. The molecule has 126 valence electrons. The lowest BCUT2D eigenvalue weighted by Gasteiger charge is -2.32. The van der Waals surface area contributed by atoms with E-state index in [1.165, 1.54) is 0 Å². The lowest BCUT2D eigenvalue weighted by atomic mass is 10.1. The smallest absolute Gasteiger partial charge is 0.315 e. The molecule has 1 aromatic rings. The highest BCUT2D eigenvalue weighted by Crippen LogP contribution is 2.12. The van der Waals surface area contributed by atoms with E-state index in [0.717, 1.165) is 18.4 Å². The standard InChI is InChI=1S/C17H25N3O3/c1-12(11-14-3-5-16(22)6-4-14)18-17(23)19-15-7-9-20(10-8-15)13(2)21/h3-6,12,15,22H,7-11H2,1-2H3,(H2,18,19,23). The summed E-state index contributed by atoms with van der Waals surface area (Å²) in [6, 6.07) is 6.93. The van der Waals surface area contributed by atoms with Gasteiger partial charge in [0.15, 0.2) is 0 Å². The molecule has 2 rings (SSSR count). The minimum Gasteiger partial charge on any atom is -0.508 e. The van der Waals surface area contributed by atoms with Crippen molar-refractivity contribution in [3.05, 3.63) is 29.8 Å². The summed E-state index contributed by atoms with van der Waals surface area (Å²) in [4.78, 5) is 25.1. The first-order chi connectivity index (χ1) is 10.9. The monoisotopic (exact) mass is 319 g/mol. The Hall–Kier alpha value is -2.24. The lowest BCUT2D eigenvalue weighted by molar-refractivity contribution is -0.129. The maximum Gasteiger partial charge on any atom is 0.315 e. The summed E-state index contributed by atoms with van der Waals surface area (Å²) in [6.07, 6.45) is 2.29. The number of aromatic hydroxyl groups is 1. The number of carbonyl (C=O) groups excluding carboxylic acids is 2. The Balaban J connectivity index is 1.72. The van der Waals surface area contributed by atoms with Crippen molar-refractivity contribution in [2.45, 2.75) is 45.2 Å². The van der Waals surface area contributed by atoms with Crippen LogP contribution in [0.1, 0.15) is 32.3 Å². The van der Waals surface area contributed by atoms with Gasteiger partial charge in [-0.2, -0.15) is 0 Å². The van der Waals surface area contributed by atoms with Crippen LogP contribution in [0.2, 0.25) is 0 Å². The molecule has 0 saturated carbocycles. The fourth-order valence-corrected chi connectivity index (χ4v) is 2.83. The van der Waals surface area contributed by atoms with Gasteiger partial charge in [0, 0.05) is 32.1 Å². The van der Waals surface area contributed by atoms with E-state index in [1.54, 1.807) is 19.1 Å². The van der Waals surface area contributed by atoms with Gasteiger partial charge in [0.25, 0.3) is 0 Å². The number of urea groups is 1. The Kier molecular flexibility index (Phi) is 5.84. The number of phenols is 1. The van der Waals surface area contributed by atoms with Gasteiger partial charge in [0.05, 0.1) is 0 Å². The SMILES string of the molecule is CC(=O)N1CCC(NC(=O)NC(C)Cc2ccc(O)cc2)CC1. The van der Waals surface area contributed by atoms with E-state index in [9.17, 15) is 14.7 Å². The predicted octanol–water partition coefficient (Wildman–Crippen LogP) is 1.63. The molecule has 0 aromatic heterocycles. The molecule has 6 heteroatoms. The maximum atomic E-state index is 12.0. The van der Waals surface area contributed by atoms with Gasteiger partial charge in [-0.15, -0.1) is 0 Å². The van der Waals surface area contributed by atoms with Crippen molar-refractivity contribution in [2.24, 2.45) is 0 Å². The lowest BCUT2D eigenvalue weighted by Crippen LogP contribution is -2.50. The van der Waals surface area contributed by atoms with Crippen molar-refractivity contribution in [2.75, 3.05) is 13.1 Å². The molecule has 1 saturated heterocycles. The van der Waals surface area contributed by atoms with Crippen LogP contribution in [0.25, 0.3) is 0 Å². The average molecular weight is 319 g/mol. The largest absolute Gasteiger partial charge is 0.508 e. The van der Waals surface area contributed by atoms with Gasteiger partial charge in [0.2, 0.25) is 5.91 Å². The number of rotatable bonds is 4. The van der Waals surface area contributed by atoms with Gasteiger partial charge in [-0.1, -0.05) is 12.1 Å². The second kappa shape index (κ2) is 7.85. The zero-order valence-corrected chi connectivity index (χ0v) is 13.7. The van der Waals surface area contributed by atoms with Crippen molar-refractivity contribution in [1.82, 2.24) is 15.5 Å².